The van der Waals surface area contributed by atoms with Crippen LogP contribution in [-0.2, 0) is 4.74 Å². The first kappa shape index (κ1) is 15.3. The molecule has 3 nitrogen and oxygen atoms in total. The lowest BCUT2D eigenvalue weighted by atomic mass is 9.70. The molecule has 0 aliphatic heterocycles. The first-order valence-electron chi connectivity index (χ1n) is 6.49. The summed E-state index contributed by atoms with van der Waals surface area (Å²) in [7, 11) is 0. The van der Waals surface area contributed by atoms with E-state index < -0.39 is 6.10 Å². The number of hydrogen-bond donors (Lipinski definition) is 2. The van der Waals surface area contributed by atoms with Crippen LogP contribution < -0.4 is 0 Å². The van der Waals surface area contributed by atoms with Crippen LogP contribution in [0.5, 0.6) is 0 Å². The van der Waals surface area contributed by atoms with Crippen LogP contribution in [0, 0.1) is 10.8 Å². The second kappa shape index (κ2) is 5.45. The molecule has 1 atom stereocenters. The number of ether oxygens (including phenoxy) is 1. The first-order chi connectivity index (χ1) is 8.15. The molecule has 1 rings (SSSR count). The van der Waals surface area contributed by atoms with E-state index in [0.29, 0.717) is 18.8 Å². The molecule has 0 aromatic carbocycles. The number of rotatable bonds is 4. The molecular weight excluding hydrogens is 228 g/mol. The van der Waals surface area contributed by atoms with E-state index in [0.717, 1.165) is 5.57 Å². The molecule has 3 heteroatoms. The van der Waals surface area contributed by atoms with Gasteiger partial charge in [0.25, 0.3) is 0 Å². The van der Waals surface area contributed by atoms with Crippen LogP contribution in [0.2, 0.25) is 0 Å². The normalized spacial score (nSPS) is 21.4. The fourth-order valence-corrected chi connectivity index (χ4v) is 1.51. The van der Waals surface area contributed by atoms with Gasteiger partial charge in [0, 0.05) is 11.8 Å². The van der Waals surface area contributed by atoms with Crippen molar-refractivity contribution in [3.8, 4) is 0 Å². The van der Waals surface area contributed by atoms with E-state index in [-0.39, 0.29) is 17.4 Å². The van der Waals surface area contributed by atoms with E-state index in [1.54, 1.807) is 6.08 Å². The molecule has 1 unspecified atom stereocenters. The molecule has 0 aromatic heterocycles. The van der Waals surface area contributed by atoms with Gasteiger partial charge in [-0.15, -0.1) is 0 Å². The lowest BCUT2D eigenvalue weighted by Gasteiger charge is -2.38. The lowest BCUT2D eigenvalue weighted by Crippen LogP contribution is -2.34. The SMILES string of the molecule is CC(C)(C)C(C)(C)COC1=CC(O)CC(CO)=C1. The van der Waals surface area contributed by atoms with Crippen molar-refractivity contribution >= 4 is 0 Å². The van der Waals surface area contributed by atoms with E-state index in [9.17, 15) is 5.11 Å². The van der Waals surface area contributed by atoms with E-state index in [1.165, 1.54) is 0 Å². The molecule has 0 fully saturated rings. The fourth-order valence-electron chi connectivity index (χ4n) is 1.51. The third-order valence-corrected chi connectivity index (χ3v) is 4.01. The highest BCUT2D eigenvalue weighted by atomic mass is 16.5. The Kier molecular flexibility index (Phi) is 4.62. The summed E-state index contributed by atoms with van der Waals surface area (Å²) < 4.78 is 5.79. The number of aliphatic hydroxyl groups is 2. The Morgan fingerprint density at radius 3 is 2.39 bits per heavy atom. The van der Waals surface area contributed by atoms with Gasteiger partial charge in [-0.25, -0.2) is 0 Å². The maximum Gasteiger partial charge on any atom is 0.117 e. The van der Waals surface area contributed by atoms with Crippen molar-refractivity contribution in [2.45, 2.75) is 47.1 Å². The van der Waals surface area contributed by atoms with Crippen molar-refractivity contribution in [1.29, 1.82) is 0 Å². The summed E-state index contributed by atoms with van der Waals surface area (Å²) in [5.41, 5.74) is 0.988. The first-order valence-corrected chi connectivity index (χ1v) is 6.49. The maximum absolute atomic E-state index is 9.66. The van der Waals surface area contributed by atoms with Crippen molar-refractivity contribution in [2.75, 3.05) is 13.2 Å². The summed E-state index contributed by atoms with van der Waals surface area (Å²) in [6, 6.07) is 0. The van der Waals surface area contributed by atoms with Gasteiger partial charge in [-0.1, -0.05) is 34.6 Å². The minimum Gasteiger partial charge on any atom is -0.493 e. The van der Waals surface area contributed by atoms with Gasteiger partial charge in [0.05, 0.1) is 19.3 Å². The third kappa shape index (κ3) is 3.85. The average molecular weight is 254 g/mol. The molecule has 0 saturated carbocycles. The highest BCUT2D eigenvalue weighted by Gasteiger charge is 2.33. The van der Waals surface area contributed by atoms with Crippen LogP contribution in [0.3, 0.4) is 0 Å². The molecule has 1 aliphatic rings. The van der Waals surface area contributed by atoms with Gasteiger partial charge in [-0.2, -0.15) is 0 Å². The van der Waals surface area contributed by atoms with Crippen LogP contribution in [0.1, 0.15) is 41.0 Å². The maximum atomic E-state index is 9.66. The molecule has 0 radical (unpaired) electrons. The number of allylic oxidation sites excluding steroid dienone is 1. The molecule has 18 heavy (non-hydrogen) atoms. The monoisotopic (exact) mass is 254 g/mol. The van der Waals surface area contributed by atoms with Crippen molar-refractivity contribution < 1.29 is 14.9 Å². The Morgan fingerprint density at radius 1 is 1.28 bits per heavy atom. The summed E-state index contributed by atoms with van der Waals surface area (Å²) in [5.74, 6) is 0.662. The zero-order valence-corrected chi connectivity index (χ0v) is 12.2. The van der Waals surface area contributed by atoms with E-state index in [2.05, 4.69) is 34.6 Å². The summed E-state index contributed by atoms with van der Waals surface area (Å²) in [6.45, 7) is 11.5. The largest absolute Gasteiger partial charge is 0.493 e. The fraction of sp³-hybridized carbons (Fsp3) is 0.733. The van der Waals surface area contributed by atoms with E-state index in [4.69, 9.17) is 9.84 Å². The number of aliphatic hydroxyl groups excluding tert-OH is 2. The molecule has 0 amide bonds. The molecular formula is C15H26O3. The predicted molar refractivity (Wildman–Crippen MR) is 73.1 cm³/mol. The van der Waals surface area contributed by atoms with Gasteiger partial charge in [-0.3, -0.25) is 0 Å². The van der Waals surface area contributed by atoms with Crippen LogP contribution >= 0.6 is 0 Å². The minimum atomic E-state index is -0.551. The Bertz CT molecular complexity index is 345. The smallest absolute Gasteiger partial charge is 0.117 e. The van der Waals surface area contributed by atoms with Crippen molar-refractivity contribution in [3.63, 3.8) is 0 Å². The molecule has 0 heterocycles. The molecule has 2 N–H and O–H groups in total. The van der Waals surface area contributed by atoms with Crippen molar-refractivity contribution in [1.82, 2.24) is 0 Å². The van der Waals surface area contributed by atoms with Crippen molar-refractivity contribution in [2.24, 2.45) is 10.8 Å². The van der Waals surface area contributed by atoms with Crippen LogP contribution in [0.4, 0.5) is 0 Å². The second-order valence-electron chi connectivity index (χ2n) is 6.72. The summed E-state index contributed by atoms with van der Waals surface area (Å²) in [6.07, 6.45) is 3.47. The highest BCUT2D eigenvalue weighted by molar-refractivity contribution is 5.26. The standard InChI is InChI=1S/C15H26O3/c1-14(2,3)15(4,5)10-18-13-7-11(9-16)6-12(17)8-13/h7-8,12,16-17H,6,9-10H2,1-5H3. The Labute approximate surface area is 110 Å². The minimum absolute atomic E-state index is 0.0274. The highest BCUT2D eigenvalue weighted by Crippen LogP contribution is 2.38. The third-order valence-electron chi connectivity index (χ3n) is 4.01. The van der Waals surface area contributed by atoms with Crippen LogP contribution in [0.25, 0.3) is 0 Å². The molecule has 104 valence electrons. The van der Waals surface area contributed by atoms with E-state index in [1.807, 2.05) is 6.08 Å². The predicted octanol–water partition coefficient (Wildman–Crippen LogP) is 2.64. The van der Waals surface area contributed by atoms with Crippen LogP contribution in [0.15, 0.2) is 23.5 Å². The van der Waals surface area contributed by atoms with Gasteiger partial charge < -0.3 is 14.9 Å². The molecule has 0 saturated heterocycles. The van der Waals surface area contributed by atoms with Gasteiger partial charge in [0.15, 0.2) is 0 Å². The zero-order valence-electron chi connectivity index (χ0n) is 12.2. The molecule has 0 bridgehead atoms. The summed E-state index contributed by atoms with van der Waals surface area (Å²) in [5, 5.41) is 18.8. The quantitative estimate of drug-likeness (QED) is 0.811. The second-order valence-corrected chi connectivity index (χ2v) is 6.72. The zero-order chi connectivity index (χ0) is 14.0. The van der Waals surface area contributed by atoms with Gasteiger partial charge in [0.1, 0.15) is 5.76 Å². The molecule has 1 aliphatic carbocycles. The Balaban J connectivity index is 2.67. The lowest BCUT2D eigenvalue weighted by molar-refractivity contribution is 0.0312. The molecule has 0 spiro atoms. The van der Waals surface area contributed by atoms with Gasteiger partial charge in [-0.05, 0) is 23.1 Å². The summed E-state index contributed by atoms with van der Waals surface area (Å²) >= 11 is 0. The topological polar surface area (TPSA) is 49.7 Å². The van der Waals surface area contributed by atoms with E-state index >= 15 is 0 Å². The average Bonchev–Trinajstić information content (AvgIpc) is 2.24. The van der Waals surface area contributed by atoms with Crippen LogP contribution in [-0.4, -0.2) is 29.5 Å². The number of hydrogen-bond acceptors (Lipinski definition) is 3. The molecule has 0 aromatic rings. The Morgan fingerprint density at radius 2 is 1.89 bits per heavy atom. The van der Waals surface area contributed by atoms with Crippen molar-refractivity contribution in [3.05, 3.63) is 23.5 Å². The Hall–Kier alpha value is -0.800. The van der Waals surface area contributed by atoms with Gasteiger partial charge >= 0.3 is 0 Å². The van der Waals surface area contributed by atoms with Gasteiger partial charge in [0.2, 0.25) is 0 Å². The summed E-state index contributed by atoms with van der Waals surface area (Å²) in [4.78, 5) is 0.